The van der Waals surface area contributed by atoms with E-state index in [0.29, 0.717) is 24.6 Å². The molecule has 0 spiro atoms. The van der Waals surface area contributed by atoms with Crippen LogP contribution in [0.1, 0.15) is 5.56 Å². The molecule has 3 heterocycles. The van der Waals surface area contributed by atoms with Gasteiger partial charge in [0.05, 0.1) is 11.9 Å². The van der Waals surface area contributed by atoms with Gasteiger partial charge in [0.15, 0.2) is 12.6 Å². The molecule has 0 aliphatic carbocycles. The lowest BCUT2D eigenvalue weighted by Crippen LogP contribution is -2.55. The Kier molecular flexibility index (Phi) is 8.47. The van der Waals surface area contributed by atoms with E-state index < -0.39 is 12.8 Å². The third kappa shape index (κ3) is 6.97. The van der Waals surface area contributed by atoms with E-state index in [9.17, 15) is 18.0 Å². The molecule has 0 bridgehead atoms. The molecule has 1 saturated heterocycles. The highest BCUT2D eigenvalue weighted by molar-refractivity contribution is 14.0. The van der Waals surface area contributed by atoms with Crippen LogP contribution in [0.5, 0.6) is 5.88 Å². The van der Waals surface area contributed by atoms with Crippen molar-refractivity contribution in [1.29, 1.82) is 0 Å². The zero-order valence-corrected chi connectivity index (χ0v) is 19.3. The lowest BCUT2D eigenvalue weighted by Gasteiger charge is -2.35. The second-order valence-corrected chi connectivity index (χ2v) is 6.65. The SMILES string of the molecule is CN=C(NCc1ccnc(OCC(F)(F)F)c1)N1CCN(c2cnn(C)c2)C(=O)C1.I. The first-order chi connectivity index (χ1) is 14.2. The number of aryl methyl sites for hydroxylation is 1. The van der Waals surface area contributed by atoms with Crippen LogP contribution in [-0.2, 0) is 18.4 Å². The number of hydrogen-bond donors (Lipinski definition) is 1. The molecule has 0 saturated carbocycles. The third-order valence-corrected chi connectivity index (χ3v) is 4.37. The number of alkyl halides is 3. The van der Waals surface area contributed by atoms with Crippen LogP contribution in [0.3, 0.4) is 0 Å². The van der Waals surface area contributed by atoms with Crippen LogP contribution in [0.25, 0.3) is 0 Å². The predicted molar refractivity (Wildman–Crippen MR) is 119 cm³/mol. The van der Waals surface area contributed by atoms with Crippen molar-refractivity contribution in [3.63, 3.8) is 0 Å². The molecule has 0 unspecified atom stereocenters. The number of rotatable bonds is 5. The number of carbonyl (C=O) groups excluding carboxylic acids is 1. The minimum absolute atomic E-state index is 0. The lowest BCUT2D eigenvalue weighted by atomic mass is 10.2. The van der Waals surface area contributed by atoms with Crippen molar-refractivity contribution in [2.24, 2.45) is 12.0 Å². The summed E-state index contributed by atoms with van der Waals surface area (Å²) in [7, 11) is 3.39. The number of guanidine groups is 1. The number of hydrogen-bond acceptors (Lipinski definition) is 5. The molecule has 3 rings (SSSR count). The molecule has 1 aliphatic heterocycles. The summed E-state index contributed by atoms with van der Waals surface area (Å²) in [5.41, 5.74) is 1.41. The van der Waals surface area contributed by atoms with E-state index >= 15 is 0 Å². The zero-order chi connectivity index (χ0) is 21.7. The maximum atomic E-state index is 12.6. The van der Waals surface area contributed by atoms with Crippen LogP contribution in [0, 0.1) is 0 Å². The monoisotopic (exact) mass is 553 g/mol. The molecule has 2 aromatic rings. The molecule has 1 aliphatic rings. The van der Waals surface area contributed by atoms with Gasteiger partial charge in [0.25, 0.3) is 0 Å². The average Bonchev–Trinajstić information content (AvgIpc) is 3.13. The van der Waals surface area contributed by atoms with Gasteiger partial charge in [0.1, 0.15) is 6.54 Å². The molecule has 0 radical (unpaired) electrons. The van der Waals surface area contributed by atoms with E-state index in [1.165, 1.54) is 12.3 Å². The molecule has 2 aromatic heterocycles. The highest BCUT2D eigenvalue weighted by Crippen LogP contribution is 2.18. The first-order valence-corrected chi connectivity index (χ1v) is 9.14. The Hall–Kier alpha value is -2.58. The van der Waals surface area contributed by atoms with Gasteiger partial charge in [-0.25, -0.2) is 4.98 Å². The number of anilines is 1. The van der Waals surface area contributed by atoms with Crippen LogP contribution in [-0.4, -0.2) is 71.0 Å². The molecule has 13 heteroatoms. The molecule has 1 amide bonds. The first kappa shape index (κ1) is 24.7. The van der Waals surface area contributed by atoms with Crippen molar-refractivity contribution in [2.45, 2.75) is 12.7 Å². The second-order valence-electron chi connectivity index (χ2n) is 6.65. The van der Waals surface area contributed by atoms with Gasteiger partial charge in [-0.2, -0.15) is 18.3 Å². The first-order valence-electron chi connectivity index (χ1n) is 9.14. The standard InChI is InChI=1S/C18H22F3N7O2.HI/c1-22-17(24-8-13-3-4-23-15(7-13)30-12-18(19,20)21)27-5-6-28(16(29)11-27)14-9-25-26(2)10-14;/h3-4,7,9-10H,5-6,8,11-12H2,1-2H3,(H,22,24);1H. The van der Waals surface area contributed by atoms with Gasteiger partial charge in [0, 0.05) is 52.2 Å². The minimum atomic E-state index is -4.43. The van der Waals surface area contributed by atoms with Gasteiger partial charge >= 0.3 is 6.18 Å². The quantitative estimate of drug-likeness (QED) is 0.346. The molecular weight excluding hydrogens is 530 g/mol. The van der Waals surface area contributed by atoms with Crippen LogP contribution >= 0.6 is 24.0 Å². The number of aromatic nitrogens is 3. The Labute approximate surface area is 194 Å². The second kappa shape index (κ2) is 10.6. The Morgan fingerprint density at radius 3 is 2.74 bits per heavy atom. The molecule has 9 nitrogen and oxygen atoms in total. The number of nitrogens with zero attached hydrogens (tertiary/aromatic N) is 6. The minimum Gasteiger partial charge on any atom is -0.468 e. The number of nitrogens with one attached hydrogen (secondary N) is 1. The summed E-state index contributed by atoms with van der Waals surface area (Å²) in [4.78, 5) is 24.0. The van der Waals surface area contributed by atoms with Crippen LogP contribution < -0.4 is 15.0 Å². The largest absolute Gasteiger partial charge is 0.468 e. The molecule has 31 heavy (non-hydrogen) atoms. The summed E-state index contributed by atoms with van der Waals surface area (Å²) in [5.74, 6) is 0.328. The number of amides is 1. The highest BCUT2D eigenvalue weighted by Gasteiger charge is 2.29. The average molecular weight is 553 g/mol. The molecule has 170 valence electrons. The van der Waals surface area contributed by atoms with E-state index in [2.05, 4.69) is 25.1 Å². The van der Waals surface area contributed by atoms with Gasteiger partial charge in [-0.3, -0.25) is 14.5 Å². The van der Waals surface area contributed by atoms with Crippen LogP contribution in [0.15, 0.2) is 35.7 Å². The highest BCUT2D eigenvalue weighted by atomic mass is 127. The molecule has 1 fully saturated rings. The van der Waals surface area contributed by atoms with Crippen molar-refractivity contribution < 1.29 is 22.7 Å². The van der Waals surface area contributed by atoms with E-state index in [0.717, 1.165) is 5.69 Å². The predicted octanol–water partition coefficient (Wildman–Crippen LogP) is 1.80. The number of pyridine rings is 1. The van der Waals surface area contributed by atoms with Crippen molar-refractivity contribution in [3.8, 4) is 5.88 Å². The van der Waals surface area contributed by atoms with Crippen molar-refractivity contribution in [3.05, 3.63) is 36.3 Å². The Balaban J connectivity index is 0.00000341. The maximum absolute atomic E-state index is 12.6. The van der Waals surface area contributed by atoms with Gasteiger partial charge in [-0.05, 0) is 11.6 Å². The van der Waals surface area contributed by atoms with E-state index in [4.69, 9.17) is 0 Å². The zero-order valence-electron chi connectivity index (χ0n) is 17.0. The van der Waals surface area contributed by atoms with E-state index in [-0.39, 0.29) is 48.9 Å². The Morgan fingerprint density at radius 2 is 2.13 bits per heavy atom. The fraction of sp³-hybridized carbons (Fsp3) is 0.444. The van der Waals surface area contributed by atoms with Crippen molar-refractivity contribution in [2.75, 3.05) is 38.2 Å². The number of piperazine rings is 1. The van der Waals surface area contributed by atoms with Crippen molar-refractivity contribution >= 4 is 41.5 Å². The van der Waals surface area contributed by atoms with Gasteiger partial charge < -0.3 is 19.9 Å². The molecule has 0 atom stereocenters. The third-order valence-electron chi connectivity index (χ3n) is 4.37. The Morgan fingerprint density at radius 1 is 1.35 bits per heavy atom. The number of ether oxygens (including phenoxy) is 1. The maximum Gasteiger partial charge on any atom is 0.422 e. The fourth-order valence-corrected chi connectivity index (χ4v) is 2.98. The normalized spacial score (nSPS) is 15.0. The van der Waals surface area contributed by atoms with E-state index in [1.54, 1.807) is 42.1 Å². The summed E-state index contributed by atoms with van der Waals surface area (Å²) >= 11 is 0. The van der Waals surface area contributed by atoms with Gasteiger partial charge in [0.2, 0.25) is 11.8 Å². The fourth-order valence-electron chi connectivity index (χ4n) is 2.98. The summed E-state index contributed by atoms with van der Waals surface area (Å²) in [5, 5.41) is 7.21. The lowest BCUT2D eigenvalue weighted by molar-refractivity contribution is -0.154. The molecular formula is C18H23F3IN7O2. The summed E-state index contributed by atoms with van der Waals surface area (Å²) in [6.07, 6.45) is 0.370. The number of aliphatic imine (C=N–C) groups is 1. The van der Waals surface area contributed by atoms with Crippen molar-refractivity contribution in [1.82, 2.24) is 25.0 Å². The smallest absolute Gasteiger partial charge is 0.422 e. The summed E-state index contributed by atoms with van der Waals surface area (Å²) in [6, 6.07) is 3.09. The van der Waals surface area contributed by atoms with Gasteiger partial charge in [-0.15, -0.1) is 24.0 Å². The van der Waals surface area contributed by atoms with E-state index in [1.807, 2.05) is 4.90 Å². The van der Waals surface area contributed by atoms with Crippen LogP contribution in [0.2, 0.25) is 0 Å². The van der Waals surface area contributed by atoms with Gasteiger partial charge in [-0.1, -0.05) is 0 Å². The summed E-state index contributed by atoms with van der Waals surface area (Å²) < 4.78 is 43.2. The van der Waals surface area contributed by atoms with Crippen LogP contribution in [0.4, 0.5) is 18.9 Å². The number of carbonyl (C=O) groups is 1. The topological polar surface area (TPSA) is 87.9 Å². The Bertz CT molecular complexity index is 920. The number of halogens is 4. The molecule has 0 aromatic carbocycles. The molecule has 1 N–H and O–H groups in total. The summed E-state index contributed by atoms with van der Waals surface area (Å²) in [6.45, 7) is 0.0772.